The Bertz CT molecular complexity index is 353. The zero-order valence-corrected chi connectivity index (χ0v) is 12.5. The SMILES string of the molecule is CCC(O)(CC)CNc1ccc(I)cc1Cl. The average molecular weight is 354 g/mol. The molecule has 0 unspecified atom stereocenters. The maximum atomic E-state index is 10.1. The Hall–Kier alpha value is -0.0000000000000000555. The molecule has 0 spiro atoms. The summed E-state index contributed by atoms with van der Waals surface area (Å²) < 4.78 is 1.11. The highest BCUT2D eigenvalue weighted by atomic mass is 127. The molecule has 0 fully saturated rings. The fraction of sp³-hybridized carbons (Fsp3) is 0.500. The van der Waals surface area contributed by atoms with Crippen LogP contribution < -0.4 is 5.32 Å². The summed E-state index contributed by atoms with van der Waals surface area (Å²) in [5.74, 6) is 0. The molecule has 0 radical (unpaired) electrons. The number of nitrogens with one attached hydrogen (secondary N) is 1. The quantitative estimate of drug-likeness (QED) is 0.787. The Morgan fingerprint density at radius 2 is 2.00 bits per heavy atom. The van der Waals surface area contributed by atoms with Crippen molar-refractivity contribution in [1.29, 1.82) is 0 Å². The summed E-state index contributed by atoms with van der Waals surface area (Å²) in [6.07, 6.45) is 1.47. The van der Waals surface area contributed by atoms with Gasteiger partial charge in [-0.05, 0) is 53.6 Å². The zero-order chi connectivity index (χ0) is 12.2. The summed E-state index contributed by atoms with van der Waals surface area (Å²) in [7, 11) is 0. The molecule has 0 aliphatic rings. The predicted molar refractivity (Wildman–Crippen MR) is 78.2 cm³/mol. The lowest BCUT2D eigenvalue weighted by Crippen LogP contribution is -2.35. The number of aliphatic hydroxyl groups is 1. The van der Waals surface area contributed by atoms with Crippen LogP contribution in [0.1, 0.15) is 26.7 Å². The van der Waals surface area contributed by atoms with Crippen molar-refractivity contribution in [2.45, 2.75) is 32.3 Å². The monoisotopic (exact) mass is 353 g/mol. The molecule has 16 heavy (non-hydrogen) atoms. The third-order valence-corrected chi connectivity index (χ3v) is 3.84. The molecule has 0 atom stereocenters. The number of anilines is 1. The molecule has 2 N–H and O–H groups in total. The highest BCUT2D eigenvalue weighted by Crippen LogP contribution is 2.25. The Morgan fingerprint density at radius 1 is 1.38 bits per heavy atom. The number of benzene rings is 1. The van der Waals surface area contributed by atoms with Crippen molar-refractivity contribution >= 4 is 39.9 Å². The maximum absolute atomic E-state index is 10.1. The van der Waals surface area contributed by atoms with Crippen LogP contribution in [0.2, 0.25) is 5.02 Å². The molecule has 0 bridgehead atoms. The number of halogens is 2. The van der Waals surface area contributed by atoms with Gasteiger partial charge in [0.15, 0.2) is 0 Å². The van der Waals surface area contributed by atoms with E-state index in [0.29, 0.717) is 11.6 Å². The Labute approximate surface area is 116 Å². The fourth-order valence-electron chi connectivity index (χ4n) is 1.39. The molecule has 0 saturated carbocycles. The van der Waals surface area contributed by atoms with E-state index in [1.54, 1.807) is 0 Å². The Kier molecular flexibility index (Phi) is 5.34. The van der Waals surface area contributed by atoms with Crippen LogP contribution in [0.3, 0.4) is 0 Å². The molecule has 0 heterocycles. The van der Waals surface area contributed by atoms with Gasteiger partial charge in [0.25, 0.3) is 0 Å². The van der Waals surface area contributed by atoms with Crippen molar-refractivity contribution in [2.24, 2.45) is 0 Å². The maximum Gasteiger partial charge on any atom is 0.0814 e. The van der Waals surface area contributed by atoms with Gasteiger partial charge in [0.2, 0.25) is 0 Å². The van der Waals surface area contributed by atoms with Gasteiger partial charge in [-0.2, -0.15) is 0 Å². The lowest BCUT2D eigenvalue weighted by Gasteiger charge is -2.26. The summed E-state index contributed by atoms with van der Waals surface area (Å²) in [6.45, 7) is 4.50. The number of hydrogen-bond acceptors (Lipinski definition) is 2. The van der Waals surface area contributed by atoms with Crippen molar-refractivity contribution in [2.75, 3.05) is 11.9 Å². The van der Waals surface area contributed by atoms with Crippen LogP contribution in [-0.2, 0) is 0 Å². The number of rotatable bonds is 5. The molecule has 4 heteroatoms. The van der Waals surface area contributed by atoms with E-state index in [1.807, 2.05) is 32.0 Å². The van der Waals surface area contributed by atoms with Crippen LogP contribution in [-0.4, -0.2) is 17.3 Å². The third kappa shape index (κ3) is 3.79. The lowest BCUT2D eigenvalue weighted by molar-refractivity contribution is 0.0457. The van der Waals surface area contributed by atoms with Crippen LogP contribution in [0.5, 0.6) is 0 Å². The van der Waals surface area contributed by atoms with Crippen LogP contribution in [0.25, 0.3) is 0 Å². The molecule has 0 saturated heterocycles. The van der Waals surface area contributed by atoms with Crippen LogP contribution in [0, 0.1) is 3.57 Å². The van der Waals surface area contributed by atoms with Crippen LogP contribution >= 0.6 is 34.2 Å². The first-order chi connectivity index (χ1) is 7.50. The lowest BCUT2D eigenvalue weighted by atomic mass is 9.97. The minimum absolute atomic E-state index is 0.528. The van der Waals surface area contributed by atoms with Gasteiger partial charge in [0, 0.05) is 10.1 Å². The highest BCUT2D eigenvalue weighted by molar-refractivity contribution is 14.1. The van der Waals surface area contributed by atoms with E-state index in [-0.39, 0.29) is 0 Å². The van der Waals surface area contributed by atoms with Crippen molar-refractivity contribution in [3.05, 3.63) is 26.8 Å². The van der Waals surface area contributed by atoms with E-state index in [0.717, 1.165) is 22.1 Å². The Balaban J connectivity index is 2.67. The summed E-state index contributed by atoms with van der Waals surface area (Å²) in [6, 6.07) is 5.84. The molecule has 0 amide bonds. The van der Waals surface area contributed by atoms with Gasteiger partial charge < -0.3 is 10.4 Å². The second-order valence-electron chi connectivity index (χ2n) is 3.91. The van der Waals surface area contributed by atoms with E-state index in [4.69, 9.17) is 11.6 Å². The van der Waals surface area contributed by atoms with E-state index in [2.05, 4.69) is 27.9 Å². The predicted octanol–water partition coefficient (Wildman–Crippen LogP) is 3.91. The molecule has 1 rings (SSSR count). The summed E-state index contributed by atoms with van der Waals surface area (Å²) in [4.78, 5) is 0. The van der Waals surface area contributed by atoms with E-state index in [9.17, 15) is 5.11 Å². The first-order valence-electron chi connectivity index (χ1n) is 5.42. The molecule has 1 aromatic rings. The van der Waals surface area contributed by atoms with Crippen molar-refractivity contribution in [3.8, 4) is 0 Å². The van der Waals surface area contributed by atoms with Gasteiger partial charge in [0.1, 0.15) is 0 Å². The summed E-state index contributed by atoms with van der Waals surface area (Å²) in [5.41, 5.74) is 0.231. The second-order valence-corrected chi connectivity index (χ2v) is 5.56. The zero-order valence-electron chi connectivity index (χ0n) is 9.56. The van der Waals surface area contributed by atoms with Crippen LogP contribution in [0.4, 0.5) is 5.69 Å². The molecule has 0 aromatic heterocycles. The molecule has 0 aliphatic carbocycles. The van der Waals surface area contributed by atoms with E-state index in [1.165, 1.54) is 0 Å². The molecule has 90 valence electrons. The summed E-state index contributed by atoms with van der Waals surface area (Å²) >= 11 is 8.32. The van der Waals surface area contributed by atoms with Crippen LogP contribution in [0.15, 0.2) is 18.2 Å². The van der Waals surface area contributed by atoms with Gasteiger partial charge in [-0.1, -0.05) is 25.4 Å². The first-order valence-corrected chi connectivity index (χ1v) is 6.87. The topological polar surface area (TPSA) is 32.3 Å². The number of hydrogen-bond donors (Lipinski definition) is 2. The molecular weight excluding hydrogens is 336 g/mol. The second kappa shape index (κ2) is 6.07. The van der Waals surface area contributed by atoms with Gasteiger partial charge in [0.05, 0.1) is 16.3 Å². The van der Waals surface area contributed by atoms with Crippen molar-refractivity contribution in [3.63, 3.8) is 0 Å². The summed E-state index contributed by atoms with van der Waals surface area (Å²) in [5, 5.41) is 14.0. The normalized spacial score (nSPS) is 11.6. The molecular formula is C12H17ClINO. The van der Waals surface area contributed by atoms with Gasteiger partial charge in [-0.15, -0.1) is 0 Å². The largest absolute Gasteiger partial charge is 0.388 e. The third-order valence-electron chi connectivity index (χ3n) is 2.86. The van der Waals surface area contributed by atoms with Gasteiger partial charge in [-0.25, -0.2) is 0 Å². The Morgan fingerprint density at radius 3 is 2.50 bits per heavy atom. The molecule has 1 aromatic carbocycles. The van der Waals surface area contributed by atoms with Crippen molar-refractivity contribution < 1.29 is 5.11 Å². The standard InChI is InChI=1S/C12H17ClINO/c1-3-12(16,4-2)8-15-11-6-5-9(14)7-10(11)13/h5-7,15-16H,3-4,8H2,1-2H3. The minimum atomic E-state index is -0.647. The van der Waals surface area contributed by atoms with Gasteiger partial charge in [-0.3, -0.25) is 0 Å². The fourth-order valence-corrected chi connectivity index (χ4v) is 2.32. The molecule has 2 nitrogen and oxygen atoms in total. The average Bonchev–Trinajstić information content (AvgIpc) is 2.27. The molecule has 0 aliphatic heterocycles. The van der Waals surface area contributed by atoms with E-state index >= 15 is 0 Å². The van der Waals surface area contributed by atoms with Crippen molar-refractivity contribution in [1.82, 2.24) is 0 Å². The van der Waals surface area contributed by atoms with Gasteiger partial charge >= 0.3 is 0 Å². The smallest absolute Gasteiger partial charge is 0.0814 e. The van der Waals surface area contributed by atoms with E-state index < -0.39 is 5.60 Å². The first kappa shape index (κ1) is 14.1. The minimum Gasteiger partial charge on any atom is -0.388 e. The highest BCUT2D eigenvalue weighted by Gasteiger charge is 2.21.